The van der Waals surface area contributed by atoms with Crippen LogP contribution in [0, 0.1) is 0 Å². The van der Waals surface area contributed by atoms with Crippen LogP contribution in [-0.4, -0.2) is 39.1 Å². The monoisotopic (exact) mass is 389 g/mol. The summed E-state index contributed by atoms with van der Waals surface area (Å²) in [4.78, 5) is 0.243. The molecule has 1 saturated carbocycles. The quantitative estimate of drug-likeness (QED) is 0.759. The fraction of sp³-hybridized carbons (Fsp3) is 0.400. The molecular formula is C20H23NO5S. The van der Waals surface area contributed by atoms with Crippen LogP contribution in [0.1, 0.15) is 24.8 Å². The predicted octanol–water partition coefficient (Wildman–Crippen LogP) is 3.21. The van der Waals surface area contributed by atoms with E-state index in [-0.39, 0.29) is 10.9 Å². The molecule has 1 aliphatic heterocycles. The van der Waals surface area contributed by atoms with E-state index < -0.39 is 10.0 Å². The number of fused-ring (bicyclic) bond motifs is 1. The molecule has 144 valence electrons. The maximum absolute atomic E-state index is 13.3. The molecule has 0 amide bonds. The van der Waals surface area contributed by atoms with Gasteiger partial charge in [-0.1, -0.05) is 12.1 Å². The molecule has 0 bridgehead atoms. The summed E-state index contributed by atoms with van der Waals surface area (Å²) in [6, 6.07) is 12.4. The Bertz CT molecular complexity index is 906. The van der Waals surface area contributed by atoms with Crippen LogP contribution < -0.4 is 14.2 Å². The number of sulfonamides is 1. The van der Waals surface area contributed by atoms with Crippen molar-refractivity contribution < 1.29 is 22.6 Å². The fourth-order valence-corrected chi connectivity index (χ4v) is 4.81. The molecule has 0 unspecified atom stereocenters. The van der Waals surface area contributed by atoms with Crippen LogP contribution in [0.5, 0.6) is 17.2 Å². The van der Waals surface area contributed by atoms with Crippen LogP contribution in [0.25, 0.3) is 0 Å². The molecule has 2 aliphatic rings. The topological polar surface area (TPSA) is 65.1 Å². The maximum atomic E-state index is 13.3. The fourth-order valence-electron chi connectivity index (χ4n) is 3.12. The van der Waals surface area contributed by atoms with E-state index in [1.165, 1.54) is 0 Å². The Balaban J connectivity index is 1.62. The molecule has 1 fully saturated rings. The molecule has 4 rings (SSSR count). The number of ether oxygens (including phenoxy) is 3. The van der Waals surface area contributed by atoms with Crippen molar-refractivity contribution in [1.29, 1.82) is 0 Å². The van der Waals surface area contributed by atoms with Gasteiger partial charge in [0.25, 0.3) is 0 Å². The highest BCUT2D eigenvalue weighted by molar-refractivity contribution is 7.89. The van der Waals surface area contributed by atoms with Crippen molar-refractivity contribution in [3.63, 3.8) is 0 Å². The third-order valence-electron chi connectivity index (χ3n) is 4.78. The molecule has 1 heterocycles. The summed E-state index contributed by atoms with van der Waals surface area (Å²) in [7, 11) is -2.02. The van der Waals surface area contributed by atoms with Crippen LogP contribution in [0.4, 0.5) is 0 Å². The lowest BCUT2D eigenvalue weighted by Crippen LogP contribution is -2.32. The first-order valence-corrected chi connectivity index (χ1v) is 10.6. The average molecular weight is 389 g/mol. The van der Waals surface area contributed by atoms with E-state index in [4.69, 9.17) is 14.2 Å². The van der Waals surface area contributed by atoms with Gasteiger partial charge < -0.3 is 14.2 Å². The standard InChI is InChI=1S/C20H23NO5S/c1-24-17-7-3-15(4-8-17)14-21(16-5-6-16)27(22,23)18-9-10-19-20(13-18)26-12-2-11-25-19/h3-4,7-10,13,16H,2,5-6,11-12,14H2,1H3. The Morgan fingerprint density at radius 3 is 2.41 bits per heavy atom. The van der Waals surface area contributed by atoms with E-state index in [1.807, 2.05) is 24.3 Å². The summed E-state index contributed by atoms with van der Waals surface area (Å²) in [5.41, 5.74) is 0.931. The molecule has 2 aromatic rings. The summed E-state index contributed by atoms with van der Waals surface area (Å²) >= 11 is 0. The van der Waals surface area contributed by atoms with Crippen LogP contribution in [0.2, 0.25) is 0 Å². The van der Waals surface area contributed by atoms with Crippen molar-refractivity contribution in [1.82, 2.24) is 4.31 Å². The second-order valence-electron chi connectivity index (χ2n) is 6.79. The van der Waals surface area contributed by atoms with Gasteiger partial charge in [-0.25, -0.2) is 8.42 Å². The van der Waals surface area contributed by atoms with Crippen molar-refractivity contribution in [3.8, 4) is 17.2 Å². The summed E-state index contributed by atoms with van der Waals surface area (Å²) in [6.45, 7) is 1.44. The second kappa shape index (κ2) is 7.40. The summed E-state index contributed by atoms with van der Waals surface area (Å²) < 4.78 is 44.7. The van der Waals surface area contributed by atoms with Crippen molar-refractivity contribution >= 4 is 10.0 Å². The summed E-state index contributed by atoms with van der Waals surface area (Å²) in [6.07, 6.45) is 2.56. The van der Waals surface area contributed by atoms with Crippen LogP contribution in [-0.2, 0) is 16.6 Å². The van der Waals surface area contributed by atoms with Gasteiger partial charge in [0.1, 0.15) is 5.75 Å². The van der Waals surface area contributed by atoms with Crippen LogP contribution in [0.3, 0.4) is 0 Å². The minimum absolute atomic E-state index is 0.0491. The molecular weight excluding hydrogens is 366 g/mol. The lowest BCUT2D eigenvalue weighted by atomic mass is 10.2. The van der Waals surface area contributed by atoms with Crippen LogP contribution in [0.15, 0.2) is 47.4 Å². The smallest absolute Gasteiger partial charge is 0.243 e. The molecule has 0 atom stereocenters. The highest BCUT2D eigenvalue weighted by Crippen LogP contribution is 2.37. The summed E-state index contributed by atoms with van der Waals surface area (Å²) in [5.74, 6) is 1.84. The Morgan fingerprint density at radius 1 is 1.04 bits per heavy atom. The molecule has 0 aromatic heterocycles. The number of methoxy groups -OCH3 is 1. The molecule has 0 saturated heterocycles. The van der Waals surface area contributed by atoms with Gasteiger partial charge in [-0.15, -0.1) is 0 Å². The van der Waals surface area contributed by atoms with E-state index in [2.05, 4.69) is 0 Å². The van der Waals surface area contributed by atoms with E-state index in [9.17, 15) is 8.42 Å². The first-order chi connectivity index (χ1) is 13.1. The van der Waals surface area contributed by atoms with Crippen LogP contribution >= 0.6 is 0 Å². The van der Waals surface area contributed by atoms with E-state index >= 15 is 0 Å². The maximum Gasteiger partial charge on any atom is 0.243 e. The van der Waals surface area contributed by atoms with Gasteiger partial charge in [0.2, 0.25) is 10.0 Å². The molecule has 6 nitrogen and oxygen atoms in total. The molecule has 0 radical (unpaired) electrons. The Kier molecular flexibility index (Phi) is 4.97. The Hall–Kier alpha value is -2.25. The molecule has 27 heavy (non-hydrogen) atoms. The number of hydrogen-bond acceptors (Lipinski definition) is 5. The van der Waals surface area contributed by atoms with Gasteiger partial charge in [-0.05, 0) is 42.7 Å². The normalized spacial score (nSPS) is 16.8. The number of hydrogen-bond donors (Lipinski definition) is 0. The number of benzene rings is 2. The SMILES string of the molecule is COc1ccc(CN(C2CC2)S(=O)(=O)c2ccc3c(c2)OCCCO3)cc1. The van der Waals surface area contributed by atoms with Crippen molar-refractivity contribution in [3.05, 3.63) is 48.0 Å². The average Bonchev–Trinajstić information content (AvgIpc) is 3.52. The van der Waals surface area contributed by atoms with E-state index in [0.717, 1.165) is 30.6 Å². The lowest BCUT2D eigenvalue weighted by Gasteiger charge is -2.22. The molecule has 0 spiro atoms. The molecule has 0 N–H and O–H groups in total. The molecule has 7 heteroatoms. The van der Waals surface area contributed by atoms with Gasteiger partial charge in [0.05, 0.1) is 25.2 Å². The minimum atomic E-state index is -3.63. The number of rotatable bonds is 6. The van der Waals surface area contributed by atoms with Crippen molar-refractivity contribution in [2.45, 2.75) is 36.7 Å². The van der Waals surface area contributed by atoms with Crippen molar-refractivity contribution in [2.75, 3.05) is 20.3 Å². The van der Waals surface area contributed by atoms with Gasteiger partial charge in [0.15, 0.2) is 11.5 Å². The second-order valence-corrected chi connectivity index (χ2v) is 8.68. The van der Waals surface area contributed by atoms with E-state index in [1.54, 1.807) is 29.6 Å². The van der Waals surface area contributed by atoms with Crippen molar-refractivity contribution in [2.24, 2.45) is 0 Å². The predicted molar refractivity (Wildman–Crippen MR) is 101 cm³/mol. The zero-order valence-electron chi connectivity index (χ0n) is 15.3. The van der Waals surface area contributed by atoms with Gasteiger partial charge in [-0.2, -0.15) is 4.31 Å². The first-order valence-electron chi connectivity index (χ1n) is 9.12. The highest BCUT2D eigenvalue weighted by atomic mass is 32.2. The molecule has 1 aliphatic carbocycles. The Morgan fingerprint density at radius 2 is 1.74 bits per heavy atom. The highest BCUT2D eigenvalue weighted by Gasteiger charge is 2.38. The van der Waals surface area contributed by atoms with Gasteiger partial charge >= 0.3 is 0 Å². The Labute approximate surface area is 159 Å². The first kappa shape index (κ1) is 18.1. The summed E-state index contributed by atoms with van der Waals surface area (Å²) in [5, 5.41) is 0. The lowest BCUT2D eigenvalue weighted by molar-refractivity contribution is 0.296. The van der Waals surface area contributed by atoms with E-state index in [0.29, 0.717) is 31.3 Å². The minimum Gasteiger partial charge on any atom is -0.497 e. The van der Waals surface area contributed by atoms with Gasteiger partial charge in [-0.3, -0.25) is 0 Å². The van der Waals surface area contributed by atoms with Gasteiger partial charge in [0, 0.05) is 25.1 Å². The zero-order valence-corrected chi connectivity index (χ0v) is 16.1. The largest absolute Gasteiger partial charge is 0.497 e. The zero-order chi connectivity index (χ0) is 18.9. The number of nitrogens with zero attached hydrogens (tertiary/aromatic N) is 1. The molecule has 2 aromatic carbocycles. The third kappa shape index (κ3) is 3.89. The third-order valence-corrected chi connectivity index (χ3v) is 6.67.